The lowest BCUT2D eigenvalue weighted by Gasteiger charge is -2.17. The Morgan fingerprint density at radius 3 is 2.48 bits per heavy atom. The zero-order valence-corrected chi connectivity index (χ0v) is 13.0. The van der Waals surface area contributed by atoms with Crippen molar-refractivity contribution in [3.63, 3.8) is 0 Å². The maximum atomic E-state index is 12.3. The quantitative estimate of drug-likeness (QED) is 0.847. The number of nitrogens with one attached hydrogen (secondary N) is 2. The molecule has 2 N–H and O–H groups in total. The molecule has 0 radical (unpaired) electrons. The summed E-state index contributed by atoms with van der Waals surface area (Å²) in [6.07, 6.45) is 0. The molecule has 118 valence electrons. The van der Waals surface area contributed by atoms with Crippen LogP contribution in [0.3, 0.4) is 0 Å². The summed E-state index contributed by atoms with van der Waals surface area (Å²) in [6, 6.07) is 5.96. The largest absolute Gasteiger partial charge is 0.305 e. The Kier molecular flexibility index (Phi) is 3.48. The summed E-state index contributed by atoms with van der Waals surface area (Å²) < 4.78 is 0. The van der Waals surface area contributed by atoms with Crippen molar-refractivity contribution in [1.82, 2.24) is 15.1 Å². The summed E-state index contributed by atoms with van der Waals surface area (Å²) in [5.41, 5.74) is 1.71. The highest BCUT2D eigenvalue weighted by atomic mass is 16.2. The Balaban J connectivity index is 1.89. The molecular formula is C16H16N4O3. The van der Waals surface area contributed by atoms with Crippen LogP contribution >= 0.6 is 0 Å². The molecule has 1 aromatic carbocycles. The second-order valence-electron chi connectivity index (χ2n) is 5.72. The number of aromatic amines is 1. The Hall–Kier alpha value is -2.96. The Morgan fingerprint density at radius 2 is 1.87 bits per heavy atom. The molecule has 1 aliphatic rings. The first-order chi connectivity index (χ1) is 10.9. The average Bonchev–Trinajstić information content (AvgIpc) is 3.01. The average molecular weight is 312 g/mol. The first-order valence-electron chi connectivity index (χ1n) is 7.24. The van der Waals surface area contributed by atoms with Crippen molar-refractivity contribution in [2.75, 3.05) is 5.32 Å². The number of rotatable bonds is 3. The van der Waals surface area contributed by atoms with Crippen molar-refractivity contribution in [3.05, 3.63) is 46.6 Å². The van der Waals surface area contributed by atoms with Crippen molar-refractivity contribution in [3.8, 4) is 0 Å². The van der Waals surface area contributed by atoms with Crippen molar-refractivity contribution >= 4 is 23.5 Å². The number of H-pyrrole nitrogens is 1. The van der Waals surface area contributed by atoms with Gasteiger partial charge in [-0.1, -0.05) is 0 Å². The van der Waals surface area contributed by atoms with Crippen LogP contribution in [0, 0.1) is 6.92 Å². The summed E-state index contributed by atoms with van der Waals surface area (Å²) in [5, 5.41) is 9.30. The van der Waals surface area contributed by atoms with Gasteiger partial charge in [-0.15, -0.1) is 0 Å². The molecule has 0 saturated carbocycles. The van der Waals surface area contributed by atoms with Gasteiger partial charge in [-0.05, 0) is 39.0 Å². The molecule has 0 unspecified atom stereocenters. The predicted octanol–water partition coefficient (Wildman–Crippen LogP) is 1.97. The number of hydrogen-bond acceptors (Lipinski definition) is 4. The molecule has 2 heterocycles. The molecule has 0 spiro atoms. The van der Waals surface area contributed by atoms with Crippen LogP contribution in [-0.4, -0.2) is 38.9 Å². The molecule has 0 atom stereocenters. The molecular weight excluding hydrogens is 296 g/mol. The van der Waals surface area contributed by atoms with E-state index in [2.05, 4.69) is 15.5 Å². The van der Waals surface area contributed by atoms with E-state index in [1.54, 1.807) is 19.9 Å². The van der Waals surface area contributed by atoms with Gasteiger partial charge in [0.25, 0.3) is 17.7 Å². The summed E-state index contributed by atoms with van der Waals surface area (Å²) in [4.78, 5) is 38.0. The van der Waals surface area contributed by atoms with Gasteiger partial charge < -0.3 is 5.32 Å². The highest BCUT2D eigenvalue weighted by molar-refractivity contribution is 6.22. The molecule has 3 rings (SSSR count). The number of benzene rings is 1. The lowest BCUT2D eigenvalue weighted by molar-refractivity contribution is 0.0609. The van der Waals surface area contributed by atoms with Crippen molar-refractivity contribution < 1.29 is 14.4 Å². The third-order valence-electron chi connectivity index (χ3n) is 3.64. The fourth-order valence-corrected chi connectivity index (χ4v) is 2.54. The predicted molar refractivity (Wildman–Crippen MR) is 83.4 cm³/mol. The summed E-state index contributed by atoms with van der Waals surface area (Å²) in [5.74, 6) is -0.679. The molecule has 1 aromatic heterocycles. The van der Waals surface area contributed by atoms with E-state index in [-0.39, 0.29) is 29.3 Å². The van der Waals surface area contributed by atoms with Gasteiger partial charge in [0, 0.05) is 23.4 Å². The van der Waals surface area contributed by atoms with Crippen molar-refractivity contribution in [2.24, 2.45) is 0 Å². The van der Waals surface area contributed by atoms with Crippen LogP contribution in [0.4, 0.5) is 5.82 Å². The van der Waals surface area contributed by atoms with Crippen LogP contribution < -0.4 is 5.32 Å². The third kappa shape index (κ3) is 2.50. The van der Waals surface area contributed by atoms with Crippen LogP contribution in [-0.2, 0) is 0 Å². The normalized spacial score (nSPS) is 13.7. The molecule has 0 aliphatic carbocycles. The first kappa shape index (κ1) is 15.0. The Bertz CT molecular complexity index is 822. The SMILES string of the molecule is Cc1cc(NC(=O)c2ccc3c(c2)C(=O)N(C(C)C)C3=O)n[nH]1. The minimum atomic E-state index is -0.387. The molecule has 0 bridgehead atoms. The molecule has 0 saturated heterocycles. The number of carbonyl (C=O) groups is 3. The van der Waals surface area contributed by atoms with Crippen LogP contribution in [0.2, 0.25) is 0 Å². The highest BCUT2D eigenvalue weighted by Crippen LogP contribution is 2.26. The number of amides is 3. The second-order valence-corrected chi connectivity index (χ2v) is 5.72. The number of nitrogens with zero attached hydrogens (tertiary/aromatic N) is 2. The lowest BCUT2D eigenvalue weighted by atomic mass is 10.1. The molecule has 3 amide bonds. The van der Waals surface area contributed by atoms with E-state index in [0.29, 0.717) is 16.9 Å². The zero-order valence-electron chi connectivity index (χ0n) is 13.0. The van der Waals surface area contributed by atoms with Gasteiger partial charge in [0.15, 0.2) is 5.82 Å². The summed E-state index contributed by atoms with van der Waals surface area (Å²) in [6.45, 7) is 5.37. The minimum absolute atomic E-state index is 0.230. The van der Waals surface area contributed by atoms with Gasteiger partial charge in [0.05, 0.1) is 11.1 Å². The van der Waals surface area contributed by atoms with Crippen molar-refractivity contribution in [2.45, 2.75) is 26.8 Å². The Labute approximate surface area is 132 Å². The van der Waals surface area contributed by atoms with Gasteiger partial charge in [-0.3, -0.25) is 24.4 Å². The molecule has 23 heavy (non-hydrogen) atoms. The van der Waals surface area contributed by atoms with Gasteiger partial charge >= 0.3 is 0 Å². The van der Waals surface area contributed by atoms with Crippen molar-refractivity contribution in [1.29, 1.82) is 0 Å². The minimum Gasteiger partial charge on any atom is -0.305 e. The number of carbonyl (C=O) groups excluding carboxylic acids is 3. The monoisotopic (exact) mass is 312 g/mol. The van der Waals surface area contributed by atoms with E-state index in [9.17, 15) is 14.4 Å². The topological polar surface area (TPSA) is 95.2 Å². The van der Waals surface area contributed by atoms with Gasteiger partial charge in [0.1, 0.15) is 0 Å². The highest BCUT2D eigenvalue weighted by Gasteiger charge is 2.37. The molecule has 1 aliphatic heterocycles. The van der Waals surface area contributed by atoms with E-state index < -0.39 is 0 Å². The lowest BCUT2D eigenvalue weighted by Crippen LogP contribution is -2.35. The number of aromatic nitrogens is 2. The smallest absolute Gasteiger partial charge is 0.261 e. The molecule has 2 aromatic rings. The van der Waals surface area contributed by atoms with Gasteiger partial charge in [0.2, 0.25) is 0 Å². The van der Waals surface area contributed by atoms with E-state index in [4.69, 9.17) is 0 Å². The maximum Gasteiger partial charge on any atom is 0.261 e. The van der Waals surface area contributed by atoms with Crippen LogP contribution in [0.5, 0.6) is 0 Å². The van der Waals surface area contributed by atoms with E-state index in [1.165, 1.54) is 23.1 Å². The number of hydrogen-bond donors (Lipinski definition) is 2. The zero-order chi connectivity index (χ0) is 16.7. The number of aryl methyl sites for hydroxylation is 1. The van der Waals surface area contributed by atoms with Crippen LogP contribution in [0.25, 0.3) is 0 Å². The van der Waals surface area contributed by atoms with Gasteiger partial charge in [-0.2, -0.15) is 5.10 Å². The fourth-order valence-electron chi connectivity index (χ4n) is 2.54. The number of fused-ring (bicyclic) bond motifs is 1. The first-order valence-corrected chi connectivity index (χ1v) is 7.24. The molecule has 0 fully saturated rings. The maximum absolute atomic E-state index is 12.3. The summed E-state index contributed by atoms with van der Waals surface area (Å²) >= 11 is 0. The fraction of sp³-hybridized carbons (Fsp3) is 0.250. The van der Waals surface area contributed by atoms with Gasteiger partial charge in [-0.25, -0.2) is 0 Å². The van der Waals surface area contributed by atoms with Crippen LogP contribution in [0.1, 0.15) is 50.6 Å². The van der Waals surface area contributed by atoms with E-state index in [1.807, 2.05) is 6.92 Å². The van der Waals surface area contributed by atoms with E-state index >= 15 is 0 Å². The van der Waals surface area contributed by atoms with E-state index in [0.717, 1.165) is 5.69 Å². The third-order valence-corrected chi connectivity index (χ3v) is 3.64. The number of anilines is 1. The summed E-state index contributed by atoms with van der Waals surface area (Å²) in [7, 11) is 0. The molecule has 7 nitrogen and oxygen atoms in total. The second kappa shape index (κ2) is 5.35. The number of imide groups is 1. The Morgan fingerprint density at radius 1 is 1.17 bits per heavy atom. The molecule has 7 heteroatoms. The van der Waals surface area contributed by atoms with Crippen LogP contribution in [0.15, 0.2) is 24.3 Å². The standard InChI is InChI=1S/C16H16N4O3/c1-8(2)20-15(22)11-5-4-10(7-12(11)16(20)23)14(21)17-13-6-9(3)18-19-13/h4-8H,1-3H3,(H2,17,18,19,21).